The molecule has 0 saturated heterocycles. The average molecular weight is 526 g/mol. The monoisotopic (exact) mass is 525 g/mol. The summed E-state index contributed by atoms with van der Waals surface area (Å²) in [6, 6.07) is 15.3. The molecule has 0 N–H and O–H groups in total. The number of hydrogen-bond donors (Lipinski definition) is 0. The summed E-state index contributed by atoms with van der Waals surface area (Å²) in [5, 5.41) is 1.38. The van der Waals surface area contributed by atoms with Gasteiger partial charge in [-0.25, -0.2) is 4.79 Å². The van der Waals surface area contributed by atoms with Crippen molar-refractivity contribution in [2.24, 2.45) is 0 Å². The minimum atomic E-state index is -0.422. The topological polar surface area (TPSA) is 78.2 Å². The van der Waals surface area contributed by atoms with E-state index in [1.807, 2.05) is 12.1 Å². The lowest BCUT2D eigenvalue weighted by molar-refractivity contribution is 0.0526. The highest BCUT2D eigenvalue weighted by Crippen LogP contribution is 2.33. The Balaban J connectivity index is 1.38. The molecule has 0 aliphatic carbocycles. The molecule has 0 saturated carbocycles. The van der Waals surface area contributed by atoms with Crippen LogP contribution in [0.2, 0.25) is 10.0 Å². The molecule has 0 unspecified atom stereocenters. The Morgan fingerprint density at radius 1 is 1.06 bits per heavy atom. The van der Waals surface area contributed by atoms with E-state index >= 15 is 0 Å². The van der Waals surface area contributed by atoms with Gasteiger partial charge in [-0.05, 0) is 61.0 Å². The molecule has 4 aromatic rings. The number of halogens is 2. The molecule has 0 atom stereocenters. The lowest BCUT2D eigenvalue weighted by atomic mass is 10.1. The van der Waals surface area contributed by atoms with Gasteiger partial charge in [0.1, 0.15) is 30.1 Å². The van der Waals surface area contributed by atoms with E-state index in [2.05, 4.69) is 4.90 Å². The van der Waals surface area contributed by atoms with E-state index < -0.39 is 5.97 Å². The lowest BCUT2D eigenvalue weighted by Gasteiger charge is -2.29. The molecule has 0 radical (unpaired) electrons. The normalized spacial score (nSPS) is 13.2. The van der Waals surface area contributed by atoms with Crippen molar-refractivity contribution in [1.82, 2.24) is 4.90 Å². The first kappa shape index (κ1) is 24.2. The summed E-state index contributed by atoms with van der Waals surface area (Å²) < 4.78 is 22.5. The van der Waals surface area contributed by atoms with Crippen LogP contribution in [0.3, 0.4) is 0 Å². The zero-order valence-corrected chi connectivity index (χ0v) is 20.8. The van der Waals surface area contributed by atoms with Gasteiger partial charge in [-0.2, -0.15) is 0 Å². The summed E-state index contributed by atoms with van der Waals surface area (Å²) in [4.78, 5) is 27.1. The predicted octanol–water partition coefficient (Wildman–Crippen LogP) is 6.42. The fourth-order valence-electron chi connectivity index (χ4n) is 4.01. The SMILES string of the molecule is CCOC(=O)c1ccc(Oc2coc3c4c(ccc3c2=O)OCN(Cc2ccc(Cl)c(Cl)c2)C4)cc1. The molecule has 36 heavy (non-hydrogen) atoms. The Bertz CT molecular complexity index is 1500. The molecule has 0 amide bonds. The fraction of sp³-hybridized carbons (Fsp3) is 0.185. The van der Waals surface area contributed by atoms with Crippen LogP contribution in [0, 0.1) is 0 Å². The van der Waals surface area contributed by atoms with Gasteiger partial charge >= 0.3 is 5.97 Å². The van der Waals surface area contributed by atoms with Crippen LogP contribution in [0.15, 0.2) is 70.1 Å². The second kappa shape index (κ2) is 10.2. The van der Waals surface area contributed by atoms with E-state index in [1.165, 1.54) is 6.26 Å². The molecule has 1 aliphatic heterocycles. The fourth-order valence-corrected chi connectivity index (χ4v) is 4.33. The highest BCUT2D eigenvalue weighted by Gasteiger charge is 2.23. The van der Waals surface area contributed by atoms with Gasteiger partial charge in [-0.15, -0.1) is 0 Å². The smallest absolute Gasteiger partial charge is 0.338 e. The highest BCUT2D eigenvalue weighted by atomic mass is 35.5. The quantitative estimate of drug-likeness (QED) is 0.268. The van der Waals surface area contributed by atoms with Crippen LogP contribution < -0.4 is 14.9 Å². The minimum absolute atomic E-state index is 0.0377. The predicted molar refractivity (Wildman–Crippen MR) is 136 cm³/mol. The number of rotatable bonds is 6. The van der Waals surface area contributed by atoms with Gasteiger partial charge in [0.05, 0.1) is 33.2 Å². The average Bonchev–Trinajstić information content (AvgIpc) is 2.88. The zero-order valence-electron chi connectivity index (χ0n) is 19.3. The Labute approximate surface area is 216 Å². The molecule has 5 rings (SSSR count). The van der Waals surface area contributed by atoms with E-state index in [-0.39, 0.29) is 17.8 Å². The van der Waals surface area contributed by atoms with E-state index in [0.717, 1.165) is 11.1 Å². The maximum atomic E-state index is 13.2. The van der Waals surface area contributed by atoms with E-state index in [1.54, 1.807) is 49.4 Å². The zero-order chi connectivity index (χ0) is 25.2. The van der Waals surface area contributed by atoms with Gasteiger partial charge in [-0.1, -0.05) is 29.3 Å². The number of carbonyl (C=O) groups excluding carboxylic acids is 1. The molecule has 184 valence electrons. The Kier molecular flexibility index (Phi) is 6.87. The van der Waals surface area contributed by atoms with Gasteiger partial charge in [0, 0.05) is 13.1 Å². The standard InChI is InChI=1S/C27H21Cl2NO6/c1-2-33-27(32)17-4-6-18(7-5-17)36-24-14-34-26-19(25(24)31)8-10-23-20(26)13-30(15-35-23)12-16-3-9-21(28)22(29)11-16/h3-11,14H,2,12-13,15H2,1H3. The van der Waals surface area contributed by atoms with Gasteiger partial charge in [0.15, 0.2) is 0 Å². The van der Waals surface area contributed by atoms with E-state index in [9.17, 15) is 9.59 Å². The molecule has 0 fully saturated rings. The summed E-state index contributed by atoms with van der Waals surface area (Å²) in [6.07, 6.45) is 1.29. The number of ether oxygens (including phenoxy) is 3. The third-order valence-electron chi connectivity index (χ3n) is 5.74. The Hall–Kier alpha value is -3.52. The third kappa shape index (κ3) is 4.91. The van der Waals surface area contributed by atoms with Gasteiger partial charge in [0.2, 0.25) is 11.2 Å². The number of hydrogen-bond acceptors (Lipinski definition) is 7. The number of benzene rings is 3. The Morgan fingerprint density at radius 2 is 1.86 bits per heavy atom. The van der Waals surface area contributed by atoms with Crippen LogP contribution in [0.25, 0.3) is 11.0 Å². The molecule has 0 bridgehead atoms. The molecule has 1 aliphatic rings. The summed E-state index contributed by atoms with van der Waals surface area (Å²) in [5.41, 5.74) is 2.30. The number of nitrogens with zero attached hydrogens (tertiary/aromatic N) is 1. The highest BCUT2D eigenvalue weighted by molar-refractivity contribution is 6.42. The molecule has 7 nitrogen and oxygen atoms in total. The summed E-state index contributed by atoms with van der Waals surface area (Å²) in [5.74, 6) is 0.674. The molecule has 9 heteroatoms. The van der Waals surface area contributed by atoms with Crippen LogP contribution in [-0.4, -0.2) is 24.2 Å². The number of carbonyl (C=O) groups is 1. The minimum Gasteiger partial charge on any atom is -0.478 e. The molecular weight excluding hydrogens is 505 g/mol. The van der Waals surface area contributed by atoms with Gasteiger partial charge in [0.25, 0.3) is 0 Å². The molecule has 2 heterocycles. The van der Waals surface area contributed by atoms with Crippen LogP contribution >= 0.6 is 23.2 Å². The largest absolute Gasteiger partial charge is 0.478 e. The van der Waals surface area contributed by atoms with Crippen molar-refractivity contribution in [3.63, 3.8) is 0 Å². The van der Waals surface area contributed by atoms with Gasteiger partial charge in [-0.3, -0.25) is 9.69 Å². The third-order valence-corrected chi connectivity index (χ3v) is 6.48. The van der Waals surface area contributed by atoms with Crippen LogP contribution in [0.5, 0.6) is 17.2 Å². The second-order valence-corrected chi connectivity index (χ2v) is 9.02. The first-order chi connectivity index (χ1) is 17.4. The van der Waals surface area contributed by atoms with Crippen molar-refractivity contribution in [3.05, 3.63) is 97.8 Å². The van der Waals surface area contributed by atoms with Crippen molar-refractivity contribution in [2.45, 2.75) is 20.0 Å². The molecule has 0 spiro atoms. The van der Waals surface area contributed by atoms with Crippen molar-refractivity contribution >= 4 is 40.1 Å². The molecular formula is C27H21Cl2NO6. The summed E-state index contributed by atoms with van der Waals surface area (Å²) in [7, 11) is 0. The van der Waals surface area contributed by atoms with Crippen molar-refractivity contribution < 1.29 is 23.4 Å². The summed E-state index contributed by atoms with van der Waals surface area (Å²) >= 11 is 12.2. The van der Waals surface area contributed by atoms with Crippen LogP contribution in [0.4, 0.5) is 0 Å². The maximum absolute atomic E-state index is 13.2. The van der Waals surface area contributed by atoms with Gasteiger partial charge < -0.3 is 18.6 Å². The second-order valence-electron chi connectivity index (χ2n) is 8.20. The van der Waals surface area contributed by atoms with Crippen LogP contribution in [-0.2, 0) is 17.8 Å². The van der Waals surface area contributed by atoms with E-state index in [0.29, 0.717) is 57.9 Å². The molecule has 1 aromatic heterocycles. The van der Waals surface area contributed by atoms with Crippen molar-refractivity contribution in [2.75, 3.05) is 13.3 Å². The maximum Gasteiger partial charge on any atom is 0.338 e. The van der Waals surface area contributed by atoms with Crippen LogP contribution in [0.1, 0.15) is 28.4 Å². The van der Waals surface area contributed by atoms with Crippen molar-refractivity contribution in [1.29, 1.82) is 0 Å². The number of fused-ring (bicyclic) bond motifs is 3. The number of esters is 1. The Morgan fingerprint density at radius 3 is 2.61 bits per heavy atom. The first-order valence-electron chi connectivity index (χ1n) is 11.2. The summed E-state index contributed by atoms with van der Waals surface area (Å²) in [6.45, 7) is 3.51. The first-order valence-corrected chi connectivity index (χ1v) is 12.0. The van der Waals surface area contributed by atoms with Crippen molar-refractivity contribution in [3.8, 4) is 17.2 Å². The van der Waals surface area contributed by atoms with E-state index in [4.69, 9.17) is 41.8 Å². The molecule has 3 aromatic carbocycles. The lowest BCUT2D eigenvalue weighted by Crippen LogP contribution is -2.31.